The van der Waals surface area contributed by atoms with Gasteiger partial charge in [0.2, 0.25) is 0 Å². The molecular formula is C20H25F2NO3. The van der Waals surface area contributed by atoms with Gasteiger partial charge in [0, 0.05) is 24.4 Å². The minimum absolute atomic E-state index is 0.0186. The first-order valence-corrected chi connectivity index (χ1v) is 9.12. The van der Waals surface area contributed by atoms with Gasteiger partial charge in [-0.05, 0) is 58.1 Å². The average molecular weight is 365 g/mol. The van der Waals surface area contributed by atoms with Gasteiger partial charge in [0.25, 0.3) is 0 Å². The number of carbonyl (C=O) groups excluding carboxylic acids is 2. The maximum atomic E-state index is 13.8. The molecule has 3 rings (SSSR count). The second-order valence-corrected chi connectivity index (χ2v) is 8.30. The lowest BCUT2D eigenvalue weighted by molar-refractivity contribution is -0.124. The number of hydrogen-bond donors (Lipinski definition) is 0. The molecule has 4 nitrogen and oxygen atoms in total. The summed E-state index contributed by atoms with van der Waals surface area (Å²) in [5.74, 6) is -2.20. The second-order valence-electron chi connectivity index (χ2n) is 8.30. The van der Waals surface area contributed by atoms with Crippen LogP contribution >= 0.6 is 0 Å². The van der Waals surface area contributed by atoms with Crippen molar-refractivity contribution in [3.05, 3.63) is 35.4 Å². The zero-order chi connectivity index (χ0) is 19.1. The highest BCUT2D eigenvalue weighted by Gasteiger charge is 2.46. The van der Waals surface area contributed by atoms with E-state index in [1.54, 1.807) is 4.90 Å². The van der Waals surface area contributed by atoms with E-state index in [-0.39, 0.29) is 41.9 Å². The van der Waals surface area contributed by atoms with E-state index in [1.807, 2.05) is 20.8 Å². The molecule has 2 atom stereocenters. The summed E-state index contributed by atoms with van der Waals surface area (Å²) in [4.78, 5) is 26.9. The molecule has 0 radical (unpaired) electrons. The van der Waals surface area contributed by atoms with E-state index in [0.29, 0.717) is 12.8 Å². The number of ether oxygens (including phenoxy) is 1. The third kappa shape index (κ3) is 3.89. The number of rotatable bonds is 3. The number of fused-ring (bicyclic) bond motifs is 2. The summed E-state index contributed by atoms with van der Waals surface area (Å²) >= 11 is 0. The maximum absolute atomic E-state index is 13.8. The SMILES string of the molecule is CC(C)(C)OC(=O)N1C2CCC1CC(C(=O)Cc1cccc(F)c1F)C2. The quantitative estimate of drug-likeness (QED) is 0.804. The van der Waals surface area contributed by atoms with Crippen LogP contribution in [0.5, 0.6) is 0 Å². The molecule has 0 N–H and O–H groups in total. The van der Waals surface area contributed by atoms with Gasteiger partial charge in [-0.25, -0.2) is 13.6 Å². The van der Waals surface area contributed by atoms with Gasteiger partial charge in [0.15, 0.2) is 11.6 Å². The Labute approximate surface area is 152 Å². The number of nitrogens with zero attached hydrogens (tertiary/aromatic N) is 1. The van der Waals surface area contributed by atoms with Gasteiger partial charge in [0.1, 0.15) is 11.4 Å². The Morgan fingerprint density at radius 1 is 1.15 bits per heavy atom. The van der Waals surface area contributed by atoms with Gasteiger partial charge in [-0.15, -0.1) is 0 Å². The monoisotopic (exact) mass is 365 g/mol. The van der Waals surface area contributed by atoms with E-state index in [9.17, 15) is 18.4 Å². The highest BCUT2D eigenvalue weighted by molar-refractivity contribution is 5.84. The first kappa shape index (κ1) is 18.8. The third-order valence-electron chi connectivity index (χ3n) is 5.19. The van der Waals surface area contributed by atoms with Gasteiger partial charge in [0.05, 0.1) is 0 Å². The van der Waals surface area contributed by atoms with Crippen LogP contribution in [0.25, 0.3) is 0 Å². The fourth-order valence-electron chi connectivity index (χ4n) is 4.07. The van der Waals surface area contributed by atoms with Crippen LogP contribution in [0.3, 0.4) is 0 Å². The molecule has 1 aromatic carbocycles. The standard InChI is InChI=1S/C20H25F2NO3/c1-20(2,3)26-19(25)23-14-7-8-15(23)10-13(9-14)17(24)11-12-5-4-6-16(21)18(12)22/h4-6,13-15H,7-11H2,1-3H3. The molecule has 2 heterocycles. The molecule has 6 heteroatoms. The molecule has 1 amide bonds. The van der Waals surface area contributed by atoms with Crippen LogP contribution in [-0.2, 0) is 16.0 Å². The Bertz CT molecular complexity index is 699. The number of hydrogen-bond acceptors (Lipinski definition) is 3. The Morgan fingerprint density at radius 2 is 1.77 bits per heavy atom. The number of Topliss-reactive ketones (excluding diaryl/α,β-unsaturated/α-hetero) is 1. The van der Waals surface area contributed by atoms with Crippen molar-refractivity contribution in [2.45, 2.75) is 70.6 Å². The summed E-state index contributed by atoms with van der Waals surface area (Å²) in [6.07, 6.45) is 2.38. The number of carbonyl (C=O) groups is 2. The van der Waals surface area contributed by atoms with E-state index >= 15 is 0 Å². The predicted molar refractivity (Wildman–Crippen MR) is 92.7 cm³/mol. The second kappa shape index (κ2) is 6.97. The zero-order valence-electron chi connectivity index (χ0n) is 15.4. The van der Waals surface area contributed by atoms with Crippen molar-refractivity contribution >= 4 is 11.9 Å². The van der Waals surface area contributed by atoms with Gasteiger partial charge in [-0.2, -0.15) is 0 Å². The molecule has 2 aliphatic rings. The van der Waals surface area contributed by atoms with Crippen molar-refractivity contribution in [3.63, 3.8) is 0 Å². The highest BCUT2D eigenvalue weighted by Crippen LogP contribution is 2.40. The lowest BCUT2D eigenvalue weighted by atomic mass is 9.85. The normalized spacial score (nSPS) is 25.3. The van der Waals surface area contributed by atoms with Gasteiger partial charge in [-0.1, -0.05) is 12.1 Å². The van der Waals surface area contributed by atoms with Crippen molar-refractivity contribution in [1.29, 1.82) is 0 Å². The minimum atomic E-state index is -0.949. The van der Waals surface area contributed by atoms with Crippen molar-refractivity contribution in [1.82, 2.24) is 4.90 Å². The fourth-order valence-corrected chi connectivity index (χ4v) is 4.07. The number of benzene rings is 1. The molecule has 0 spiro atoms. The molecule has 0 saturated carbocycles. The highest BCUT2D eigenvalue weighted by atomic mass is 19.2. The summed E-state index contributed by atoms with van der Waals surface area (Å²) in [6, 6.07) is 3.87. The van der Waals surface area contributed by atoms with E-state index in [2.05, 4.69) is 0 Å². The van der Waals surface area contributed by atoms with Crippen LogP contribution in [0.15, 0.2) is 18.2 Å². The van der Waals surface area contributed by atoms with Crippen LogP contribution in [0.1, 0.15) is 52.0 Å². The van der Waals surface area contributed by atoms with E-state index in [1.165, 1.54) is 12.1 Å². The van der Waals surface area contributed by atoms with Crippen LogP contribution in [0.4, 0.5) is 13.6 Å². The molecule has 142 valence electrons. The van der Waals surface area contributed by atoms with Crippen molar-refractivity contribution < 1.29 is 23.1 Å². The molecule has 2 unspecified atom stereocenters. The van der Waals surface area contributed by atoms with E-state index < -0.39 is 17.2 Å². The van der Waals surface area contributed by atoms with Gasteiger partial charge in [-0.3, -0.25) is 4.79 Å². The van der Waals surface area contributed by atoms with Crippen LogP contribution in [0, 0.1) is 17.6 Å². The molecule has 2 bridgehead atoms. The maximum Gasteiger partial charge on any atom is 0.410 e. The molecule has 1 aromatic rings. The van der Waals surface area contributed by atoms with Crippen LogP contribution in [-0.4, -0.2) is 34.5 Å². The Balaban J connectivity index is 1.66. The van der Waals surface area contributed by atoms with E-state index in [4.69, 9.17) is 4.74 Å². The average Bonchev–Trinajstić information content (AvgIpc) is 2.80. The number of amides is 1. The molecule has 2 fully saturated rings. The largest absolute Gasteiger partial charge is 0.444 e. The minimum Gasteiger partial charge on any atom is -0.444 e. The molecule has 2 saturated heterocycles. The zero-order valence-corrected chi connectivity index (χ0v) is 15.4. The summed E-state index contributed by atoms with van der Waals surface area (Å²) in [5, 5.41) is 0. The van der Waals surface area contributed by atoms with Crippen LogP contribution < -0.4 is 0 Å². The van der Waals surface area contributed by atoms with Gasteiger partial charge < -0.3 is 9.64 Å². The van der Waals surface area contributed by atoms with Crippen molar-refractivity contribution in [2.75, 3.05) is 0 Å². The van der Waals surface area contributed by atoms with Crippen molar-refractivity contribution in [3.8, 4) is 0 Å². The summed E-state index contributed by atoms with van der Waals surface area (Å²) in [7, 11) is 0. The number of halogens is 2. The first-order valence-electron chi connectivity index (χ1n) is 9.12. The van der Waals surface area contributed by atoms with Crippen molar-refractivity contribution in [2.24, 2.45) is 5.92 Å². The molecule has 0 aliphatic carbocycles. The fraction of sp³-hybridized carbons (Fsp3) is 0.600. The predicted octanol–water partition coefficient (Wildman–Crippen LogP) is 4.25. The molecule has 2 aliphatic heterocycles. The molecular weight excluding hydrogens is 340 g/mol. The summed E-state index contributed by atoms with van der Waals surface area (Å²) in [6.45, 7) is 5.49. The number of ketones is 1. The number of piperidine rings is 1. The Hall–Kier alpha value is -1.98. The molecule has 26 heavy (non-hydrogen) atoms. The Kier molecular flexibility index (Phi) is 5.04. The van der Waals surface area contributed by atoms with E-state index in [0.717, 1.165) is 18.9 Å². The Morgan fingerprint density at radius 3 is 2.35 bits per heavy atom. The molecule has 0 aromatic heterocycles. The smallest absolute Gasteiger partial charge is 0.410 e. The third-order valence-corrected chi connectivity index (χ3v) is 5.19. The summed E-state index contributed by atoms with van der Waals surface area (Å²) in [5.41, 5.74) is -0.463. The topological polar surface area (TPSA) is 46.6 Å². The van der Waals surface area contributed by atoms with Crippen LogP contribution in [0.2, 0.25) is 0 Å². The first-order chi connectivity index (χ1) is 12.2. The lowest BCUT2D eigenvalue weighted by Crippen LogP contribution is -2.49. The lowest BCUT2D eigenvalue weighted by Gasteiger charge is -2.39. The van der Waals surface area contributed by atoms with Gasteiger partial charge >= 0.3 is 6.09 Å². The summed E-state index contributed by atoms with van der Waals surface area (Å²) < 4.78 is 32.6.